The van der Waals surface area contributed by atoms with Crippen molar-refractivity contribution in [3.63, 3.8) is 0 Å². The first-order valence-electron chi connectivity index (χ1n) is 9.15. The van der Waals surface area contributed by atoms with Gasteiger partial charge in [-0.15, -0.1) is 11.3 Å². The Labute approximate surface area is 170 Å². The molecule has 0 saturated carbocycles. The Morgan fingerprint density at radius 2 is 2.14 bits per heavy atom. The summed E-state index contributed by atoms with van der Waals surface area (Å²) in [6.45, 7) is 3.63. The molecule has 150 valence electrons. The number of rotatable bonds is 6. The predicted octanol–water partition coefficient (Wildman–Crippen LogP) is 3.65. The summed E-state index contributed by atoms with van der Waals surface area (Å²) in [6.07, 6.45) is 0.873. The van der Waals surface area contributed by atoms with Crippen molar-refractivity contribution in [2.75, 3.05) is 6.54 Å². The number of amides is 3. The summed E-state index contributed by atoms with van der Waals surface area (Å²) in [5, 5.41) is 8.53. The van der Waals surface area contributed by atoms with Gasteiger partial charge in [-0.2, -0.15) is 4.98 Å². The van der Waals surface area contributed by atoms with Crippen molar-refractivity contribution in [3.05, 3.63) is 57.9 Å². The molecule has 0 aliphatic carbocycles. The van der Waals surface area contributed by atoms with E-state index in [1.807, 2.05) is 17.5 Å². The molecule has 1 atom stereocenters. The third kappa shape index (κ3) is 3.53. The molecule has 1 saturated heterocycles. The standard InChI is InChI=1S/C20H19FN4O3S/c1-12-7-8-13(11-14(12)21)17-22-16(28-24-17)6-3-9-25-18(26)20(2,23-19(25)27)15-5-4-10-29-15/h4-5,7-8,10-11H,3,6,9H2,1-2H3,(H,23,27). The maximum Gasteiger partial charge on any atom is 0.325 e. The van der Waals surface area contributed by atoms with E-state index in [4.69, 9.17) is 4.52 Å². The number of nitrogens with one attached hydrogen (secondary N) is 1. The van der Waals surface area contributed by atoms with Crippen LogP contribution in [0.2, 0.25) is 0 Å². The summed E-state index contributed by atoms with van der Waals surface area (Å²) in [5.74, 6) is 0.0701. The highest BCUT2D eigenvalue weighted by molar-refractivity contribution is 7.10. The molecule has 1 unspecified atom stereocenters. The Balaban J connectivity index is 1.38. The van der Waals surface area contributed by atoms with E-state index in [2.05, 4.69) is 15.5 Å². The van der Waals surface area contributed by atoms with Crippen LogP contribution in [0.5, 0.6) is 0 Å². The number of aromatic nitrogens is 2. The number of hydrogen-bond acceptors (Lipinski definition) is 6. The number of carbonyl (C=O) groups is 2. The highest BCUT2D eigenvalue weighted by atomic mass is 32.1. The van der Waals surface area contributed by atoms with Gasteiger partial charge in [0.15, 0.2) is 5.54 Å². The summed E-state index contributed by atoms with van der Waals surface area (Å²) in [4.78, 5) is 31.4. The lowest BCUT2D eigenvalue weighted by Crippen LogP contribution is -2.40. The molecule has 3 aromatic rings. The summed E-state index contributed by atoms with van der Waals surface area (Å²) in [7, 11) is 0. The zero-order chi connectivity index (χ0) is 20.6. The predicted molar refractivity (Wildman–Crippen MR) is 105 cm³/mol. The van der Waals surface area contributed by atoms with E-state index in [1.54, 1.807) is 26.0 Å². The minimum Gasteiger partial charge on any atom is -0.339 e. The van der Waals surface area contributed by atoms with Crippen LogP contribution in [0, 0.1) is 12.7 Å². The van der Waals surface area contributed by atoms with Crippen LogP contribution in [0.25, 0.3) is 11.4 Å². The maximum absolute atomic E-state index is 13.7. The Hall–Kier alpha value is -3.07. The summed E-state index contributed by atoms with van der Waals surface area (Å²) in [6, 6.07) is 8.02. The average Bonchev–Trinajstić information content (AvgIpc) is 3.42. The summed E-state index contributed by atoms with van der Waals surface area (Å²) < 4.78 is 18.9. The maximum atomic E-state index is 13.7. The molecule has 2 aromatic heterocycles. The zero-order valence-electron chi connectivity index (χ0n) is 15.9. The molecule has 1 aliphatic rings. The first-order chi connectivity index (χ1) is 13.9. The number of benzene rings is 1. The Morgan fingerprint density at radius 3 is 2.86 bits per heavy atom. The third-order valence-corrected chi connectivity index (χ3v) is 6.05. The lowest BCUT2D eigenvalue weighted by atomic mass is 10.0. The Kier molecular flexibility index (Phi) is 4.91. The topological polar surface area (TPSA) is 88.3 Å². The van der Waals surface area contributed by atoms with Crippen LogP contribution in [0.3, 0.4) is 0 Å². The van der Waals surface area contributed by atoms with E-state index in [0.29, 0.717) is 35.7 Å². The van der Waals surface area contributed by atoms with Gasteiger partial charge in [-0.3, -0.25) is 9.69 Å². The van der Waals surface area contributed by atoms with Crippen molar-refractivity contribution in [1.82, 2.24) is 20.4 Å². The lowest BCUT2D eigenvalue weighted by molar-refractivity contribution is -0.131. The molecule has 1 N–H and O–H groups in total. The normalized spacial score (nSPS) is 19.1. The van der Waals surface area contributed by atoms with Crippen LogP contribution >= 0.6 is 11.3 Å². The van der Waals surface area contributed by atoms with Gasteiger partial charge in [-0.25, -0.2) is 9.18 Å². The molecule has 9 heteroatoms. The number of imide groups is 1. The fourth-order valence-corrected chi connectivity index (χ4v) is 4.06. The number of hydrogen-bond donors (Lipinski definition) is 1. The van der Waals surface area contributed by atoms with Crippen LogP contribution in [-0.4, -0.2) is 33.5 Å². The molecule has 1 aromatic carbocycles. The molecule has 29 heavy (non-hydrogen) atoms. The van der Waals surface area contributed by atoms with Crippen LogP contribution in [0.1, 0.15) is 29.7 Å². The number of aryl methyl sites for hydroxylation is 2. The third-order valence-electron chi connectivity index (χ3n) is 4.96. The second-order valence-electron chi connectivity index (χ2n) is 7.07. The zero-order valence-corrected chi connectivity index (χ0v) is 16.8. The number of thiophene rings is 1. The fraction of sp³-hybridized carbons (Fsp3) is 0.300. The van der Waals surface area contributed by atoms with Crippen LogP contribution < -0.4 is 5.32 Å². The average molecular weight is 414 g/mol. The SMILES string of the molecule is Cc1ccc(-c2noc(CCCN3C(=O)NC(C)(c4cccs4)C3=O)n2)cc1F. The second-order valence-corrected chi connectivity index (χ2v) is 8.02. The molecule has 0 spiro atoms. The van der Waals surface area contributed by atoms with Crippen LogP contribution in [0.4, 0.5) is 9.18 Å². The molecule has 3 heterocycles. The van der Waals surface area contributed by atoms with E-state index in [-0.39, 0.29) is 18.3 Å². The number of carbonyl (C=O) groups excluding carboxylic acids is 2. The lowest BCUT2D eigenvalue weighted by Gasteiger charge is -2.19. The van der Waals surface area contributed by atoms with Crippen LogP contribution in [0.15, 0.2) is 40.2 Å². The van der Waals surface area contributed by atoms with E-state index >= 15 is 0 Å². The van der Waals surface area contributed by atoms with Gasteiger partial charge in [0.2, 0.25) is 11.7 Å². The largest absolute Gasteiger partial charge is 0.339 e. The summed E-state index contributed by atoms with van der Waals surface area (Å²) >= 11 is 1.43. The van der Waals surface area contributed by atoms with Crippen molar-refractivity contribution < 1.29 is 18.5 Å². The van der Waals surface area contributed by atoms with Crippen molar-refractivity contribution in [2.24, 2.45) is 0 Å². The van der Waals surface area contributed by atoms with Gasteiger partial charge < -0.3 is 9.84 Å². The van der Waals surface area contributed by atoms with Crippen molar-refractivity contribution in [3.8, 4) is 11.4 Å². The van der Waals surface area contributed by atoms with Gasteiger partial charge in [-0.1, -0.05) is 23.4 Å². The molecule has 0 bridgehead atoms. The van der Waals surface area contributed by atoms with Gasteiger partial charge in [0, 0.05) is 23.4 Å². The summed E-state index contributed by atoms with van der Waals surface area (Å²) in [5.41, 5.74) is 0.0443. The quantitative estimate of drug-likeness (QED) is 0.622. The van der Waals surface area contributed by atoms with E-state index in [1.165, 1.54) is 22.3 Å². The molecular weight excluding hydrogens is 395 g/mol. The highest BCUT2D eigenvalue weighted by Crippen LogP contribution is 2.32. The van der Waals surface area contributed by atoms with Crippen molar-refractivity contribution in [2.45, 2.75) is 32.2 Å². The molecule has 1 fully saturated rings. The van der Waals surface area contributed by atoms with Gasteiger partial charge in [0.25, 0.3) is 5.91 Å². The van der Waals surface area contributed by atoms with Crippen LogP contribution in [-0.2, 0) is 16.8 Å². The highest BCUT2D eigenvalue weighted by Gasteiger charge is 2.49. The van der Waals surface area contributed by atoms with E-state index in [9.17, 15) is 14.0 Å². The smallest absolute Gasteiger partial charge is 0.325 e. The number of urea groups is 1. The Morgan fingerprint density at radius 1 is 1.31 bits per heavy atom. The Bertz CT molecular complexity index is 1070. The minimum absolute atomic E-state index is 0.239. The molecular formula is C20H19FN4O3S. The van der Waals surface area contributed by atoms with Gasteiger partial charge in [-0.05, 0) is 43.3 Å². The molecule has 4 rings (SSSR count). The molecule has 7 nitrogen and oxygen atoms in total. The molecule has 3 amide bonds. The fourth-order valence-electron chi connectivity index (χ4n) is 3.22. The first kappa shape index (κ1) is 19.3. The number of nitrogens with zero attached hydrogens (tertiary/aromatic N) is 3. The molecule has 0 radical (unpaired) electrons. The monoisotopic (exact) mass is 414 g/mol. The first-order valence-corrected chi connectivity index (χ1v) is 10.0. The number of halogens is 1. The van der Waals surface area contributed by atoms with Gasteiger partial charge >= 0.3 is 6.03 Å². The van der Waals surface area contributed by atoms with Crippen molar-refractivity contribution in [1.29, 1.82) is 0 Å². The van der Waals surface area contributed by atoms with E-state index < -0.39 is 11.6 Å². The second kappa shape index (κ2) is 7.40. The van der Waals surface area contributed by atoms with E-state index in [0.717, 1.165) is 4.88 Å². The van der Waals surface area contributed by atoms with Gasteiger partial charge in [0.1, 0.15) is 5.82 Å². The minimum atomic E-state index is -1.03. The molecule has 1 aliphatic heterocycles. The van der Waals surface area contributed by atoms with Gasteiger partial charge in [0.05, 0.1) is 0 Å². The van der Waals surface area contributed by atoms with Crippen molar-refractivity contribution >= 4 is 23.3 Å².